The van der Waals surface area contributed by atoms with E-state index in [2.05, 4.69) is 16.9 Å². The molecule has 0 unspecified atom stereocenters. The first-order chi connectivity index (χ1) is 6.62. The van der Waals surface area contributed by atoms with Crippen molar-refractivity contribution >= 4 is 0 Å². The van der Waals surface area contributed by atoms with Crippen LogP contribution in [0.3, 0.4) is 0 Å². The highest BCUT2D eigenvalue weighted by Crippen LogP contribution is 2.30. The number of aliphatic hydroxyl groups is 1. The summed E-state index contributed by atoms with van der Waals surface area (Å²) in [6.45, 7) is 1.87. The van der Waals surface area contributed by atoms with Crippen molar-refractivity contribution in [3.63, 3.8) is 0 Å². The fourth-order valence-corrected chi connectivity index (χ4v) is 2.03. The van der Waals surface area contributed by atoms with Gasteiger partial charge in [0, 0.05) is 32.5 Å². The van der Waals surface area contributed by atoms with Crippen LogP contribution in [0.4, 0.5) is 0 Å². The van der Waals surface area contributed by atoms with Crippen LogP contribution in [0.5, 0.6) is 0 Å². The van der Waals surface area contributed by atoms with Crippen LogP contribution in [0.25, 0.3) is 0 Å². The first kappa shape index (κ1) is 9.68. The maximum Gasteiger partial charge on any atom is 0.140 e. The van der Waals surface area contributed by atoms with Gasteiger partial charge in [0.25, 0.3) is 0 Å². The van der Waals surface area contributed by atoms with Gasteiger partial charge in [-0.15, -0.1) is 0 Å². The summed E-state index contributed by atoms with van der Waals surface area (Å²) in [6.07, 6.45) is 5.17. The number of piperidine rings is 1. The second-order valence-electron chi connectivity index (χ2n) is 4.20. The van der Waals surface area contributed by atoms with Crippen LogP contribution in [0.1, 0.15) is 18.7 Å². The van der Waals surface area contributed by atoms with Crippen LogP contribution in [0.15, 0.2) is 12.4 Å². The summed E-state index contributed by atoms with van der Waals surface area (Å²) >= 11 is 0. The van der Waals surface area contributed by atoms with E-state index in [1.165, 1.54) is 0 Å². The molecule has 1 N–H and O–H groups in total. The van der Waals surface area contributed by atoms with E-state index in [0.717, 1.165) is 31.8 Å². The van der Waals surface area contributed by atoms with Crippen molar-refractivity contribution in [2.45, 2.75) is 18.4 Å². The predicted molar refractivity (Wildman–Crippen MR) is 53.8 cm³/mol. The quantitative estimate of drug-likeness (QED) is 0.702. The van der Waals surface area contributed by atoms with Gasteiger partial charge in [-0.1, -0.05) is 0 Å². The number of rotatable bonds is 1. The third kappa shape index (κ3) is 1.55. The molecular weight excluding hydrogens is 178 g/mol. The van der Waals surface area contributed by atoms with Gasteiger partial charge in [-0.3, -0.25) is 0 Å². The molecule has 1 fully saturated rings. The molecule has 1 saturated heterocycles. The Labute approximate surface area is 84.2 Å². The Morgan fingerprint density at radius 2 is 2.00 bits per heavy atom. The molecule has 4 nitrogen and oxygen atoms in total. The largest absolute Gasteiger partial charge is 0.382 e. The first-order valence-corrected chi connectivity index (χ1v) is 5.00. The topological polar surface area (TPSA) is 41.3 Å². The van der Waals surface area contributed by atoms with Gasteiger partial charge in [0.1, 0.15) is 11.4 Å². The number of aromatic nitrogens is 2. The molecular formula is C10H17N3O. The van der Waals surface area contributed by atoms with Crippen LogP contribution in [-0.4, -0.2) is 39.7 Å². The minimum Gasteiger partial charge on any atom is -0.382 e. The minimum atomic E-state index is -0.717. The van der Waals surface area contributed by atoms with Gasteiger partial charge in [0.15, 0.2) is 0 Å². The Morgan fingerprint density at radius 3 is 2.50 bits per heavy atom. The maximum atomic E-state index is 10.4. The lowest BCUT2D eigenvalue weighted by atomic mass is 9.91. The molecule has 4 heteroatoms. The highest BCUT2D eigenvalue weighted by atomic mass is 16.3. The van der Waals surface area contributed by atoms with Crippen LogP contribution >= 0.6 is 0 Å². The van der Waals surface area contributed by atoms with Gasteiger partial charge >= 0.3 is 0 Å². The van der Waals surface area contributed by atoms with E-state index >= 15 is 0 Å². The third-order valence-corrected chi connectivity index (χ3v) is 3.05. The van der Waals surface area contributed by atoms with Crippen molar-refractivity contribution < 1.29 is 5.11 Å². The van der Waals surface area contributed by atoms with Gasteiger partial charge in [0.2, 0.25) is 0 Å². The Balaban J connectivity index is 2.21. The zero-order valence-electron chi connectivity index (χ0n) is 8.77. The molecule has 0 spiro atoms. The Hall–Kier alpha value is -0.870. The SMILES string of the molecule is CN1CCC(O)(c2nccn2C)CC1. The normalized spacial score (nSPS) is 22.5. The monoisotopic (exact) mass is 195 g/mol. The molecule has 0 bridgehead atoms. The molecule has 0 saturated carbocycles. The zero-order valence-corrected chi connectivity index (χ0v) is 8.77. The molecule has 1 aliphatic rings. The minimum absolute atomic E-state index is 0.717. The molecule has 0 radical (unpaired) electrons. The van der Waals surface area contributed by atoms with Crippen molar-refractivity contribution in [3.8, 4) is 0 Å². The summed E-state index contributed by atoms with van der Waals surface area (Å²) < 4.78 is 1.91. The Bertz CT molecular complexity index is 313. The number of hydrogen-bond donors (Lipinski definition) is 1. The van der Waals surface area contributed by atoms with Crippen LogP contribution in [-0.2, 0) is 12.6 Å². The van der Waals surface area contributed by atoms with Crippen molar-refractivity contribution in [3.05, 3.63) is 18.2 Å². The smallest absolute Gasteiger partial charge is 0.140 e. The Kier molecular flexibility index (Phi) is 2.33. The Morgan fingerprint density at radius 1 is 1.36 bits per heavy atom. The van der Waals surface area contributed by atoms with Crippen molar-refractivity contribution in [2.75, 3.05) is 20.1 Å². The molecule has 14 heavy (non-hydrogen) atoms. The summed E-state index contributed by atoms with van der Waals surface area (Å²) in [7, 11) is 4.01. The number of likely N-dealkylation sites (tertiary alicyclic amines) is 1. The average molecular weight is 195 g/mol. The first-order valence-electron chi connectivity index (χ1n) is 5.00. The second kappa shape index (κ2) is 3.37. The van der Waals surface area contributed by atoms with Gasteiger partial charge in [0.05, 0.1) is 0 Å². The second-order valence-corrected chi connectivity index (χ2v) is 4.20. The van der Waals surface area contributed by atoms with E-state index in [0.29, 0.717) is 0 Å². The molecule has 0 aliphatic carbocycles. The standard InChI is InChI=1S/C10H17N3O/c1-12-6-3-10(14,4-7-12)9-11-5-8-13(9)2/h5,8,14H,3-4,6-7H2,1-2H3. The maximum absolute atomic E-state index is 10.4. The van der Waals surface area contributed by atoms with Gasteiger partial charge < -0.3 is 14.6 Å². The summed E-state index contributed by atoms with van der Waals surface area (Å²) in [5, 5.41) is 10.4. The van der Waals surface area contributed by atoms with E-state index in [9.17, 15) is 5.11 Å². The van der Waals surface area contributed by atoms with E-state index < -0.39 is 5.60 Å². The number of hydrogen-bond acceptors (Lipinski definition) is 3. The molecule has 78 valence electrons. The molecule has 0 amide bonds. The predicted octanol–water partition coefficient (Wildman–Crippen LogP) is 0.333. The highest BCUT2D eigenvalue weighted by molar-refractivity contribution is 5.06. The third-order valence-electron chi connectivity index (χ3n) is 3.05. The van der Waals surface area contributed by atoms with Crippen LogP contribution < -0.4 is 0 Å². The van der Waals surface area contributed by atoms with Gasteiger partial charge in [-0.25, -0.2) is 4.98 Å². The molecule has 1 aromatic rings. The molecule has 1 aliphatic heterocycles. The number of aryl methyl sites for hydroxylation is 1. The molecule has 1 aromatic heterocycles. The van der Waals surface area contributed by atoms with Crippen molar-refractivity contribution in [1.82, 2.24) is 14.5 Å². The molecule has 2 rings (SSSR count). The number of nitrogens with zero attached hydrogens (tertiary/aromatic N) is 3. The van der Waals surface area contributed by atoms with Crippen LogP contribution in [0.2, 0.25) is 0 Å². The van der Waals surface area contributed by atoms with Gasteiger partial charge in [-0.2, -0.15) is 0 Å². The molecule has 0 atom stereocenters. The van der Waals surface area contributed by atoms with Crippen molar-refractivity contribution in [2.24, 2.45) is 7.05 Å². The fourth-order valence-electron chi connectivity index (χ4n) is 2.03. The average Bonchev–Trinajstić information content (AvgIpc) is 2.58. The van der Waals surface area contributed by atoms with E-state index in [4.69, 9.17) is 0 Å². The lowest BCUT2D eigenvalue weighted by molar-refractivity contribution is -0.0296. The van der Waals surface area contributed by atoms with Crippen molar-refractivity contribution in [1.29, 1.82) is 0 Å². The fraction of sp³-hybridized carbons (Fsp3) is 0.700. The van der Waals surface area contributed by atoms with E-state index in [-0.39, 0.29) is 0 Å². The van der Waals surface area contributed by atoms with Gasteiger partial charge in [-0.05, 0) is 19.9 Å². The zero-order chi connectivity index (χ0) is 10.2. The van der Waals surface area contributed by atoms with Crippen LogP contribution in [0, 0.1) is 0 Å². The molecule has 2 heterocycles. The summed E-state index contributed by atoms with van der Waals surface area (Å²) in [5.74, 6) is 0.797. The molecule has 0 aromatic carbocycles. The van der Waals surface area contributed by atoms with E-state index in [1.54, 1.807) is 6.20 Å². The lowest BCUT2D eigenvalue weighted by Gasteiger charge is -2.35. The summed E-state index contributed by atoms with van der Waals surface area (Å²) in [5.41, 5.74) is -0.717. The van der Waals surface area contributed by atoms with E-state index in [1.807, 2.05) is 17.8 Å². The highest BCUT2D eigenvalue weighted by Gasteiger charge is 2.35. The number of imidazole rings is 1. The summed E-state index contributed by atoms with van der Waals surface area (Å²) in [4.78, 5) is 6.46. The lowest BCUT2D eigenvalue weighted by Crippen LogP contribution is -2.42. The summed E-state index contributed by atoms with van der Waals surface area (Å²) in [6, 6.07) is 0.